The number of halogens is 1. The van der Waals surface area contributed by atoms with Crippen molar-refractivity contribution in [3.05, 3.63) is 46.9 Å². The van der Waals surface area contributed by atoms with Crippen LogP contribution in [0.2, 0.25) is 0 Å². The molecule has 0 amide bonds. The fourth-order valence-electron chi connectivity index (χ4n) is 3.57. The maximum atomic E-state index is 15.1. The first kappa shape index (κ1) is 19.3. The van der Waals surface area contributed by atoms with Gasteiger partial charge in [-0.15, -0.1) is 0 Å². The molecule has 31 heavy (non-hydrogen) atoms. The molecular weight excluding hydrogens is 407 g/mol. The molecule has 2 N–H and O–H groups in total. The number of nitrogens with zero attached hydrogens (tertiary/aromatic N) is 3. The molecule has 0 fully saturated rings. The fourth-order valence-corrected chi connectivity index (χ4v) is 3.57. The minimum absolute atomic E-state index is 0.00139. The lowest BCUT2D eigenvalue weighted by Gasteiger charge is -2.20. The normalized spacial score (nSPS) is 14.2. The van der Waals surface area contributed by atoms with Gasteiger partial charge in [-0.25, -0.2) is 14.2 Å². The quantitative estimate of drug-likeness (QED) is 0.504. The van der Waals surface area contributed by atoms with E-state index < -0.39 is 17.6 Å². The summed E-state index contributed by atoms with van der Waals surface area (Å²) < 4.78 is 33.4. The second-order valence-electron chi connectivity index (χ2n) is 7.23. The Morgan fingerprint density at radius 3 is 3.00 bits per heavy atom. The van der Waals surface area contributed by atoms with Crippen LogP contribution >= 0.6 is 0 Å². The van der Waals surface area contributed by atoms with Crippen LogP contribution in [0.15, 0.2) is 35.4 Å². The number of aromatic amines is 1. The van der Waals surface area contributed by atoms with E-state index in [4.69, 9.17) is 14.2 Å². The third-order valence-corrected chi connectivity index (χ3v) is 5.02. The van der Waals surface area contributed by atoms with Gasteiger partial charge in [0.15, 0.2) is 17.1 Å². The van der Waals surface area contributed by atoms with Gasteiger partial charge in [0.05, 0.1) is 30.1 Å². The lowest BCUT2D eigenvalue weighted by Crippen LogP contribution is -2.18. The molecule has 0 bridgehead atoms. The zero-order valence-electron chi connectivity index (χ0n) is 16.6. The summed E-state index contributed by atoms with van der Waals surface area (Å²) in [4.78, 5) is 23.8. The number of hydrogen-bond acceptors (Lipinski definition) is 7. The van der Waals surface area contributed by atoms with Crippen LogP contribution in [-0.2, 0) is 0 Å². The molecule has 5 rings (SSSR count). The number of pyridine rings is 2. The number of nitrogens with one attached hydrogen (secondary N) is 1. The molecule has 1 unspecified atom stereocenters. The molecule has 4 heterocycles. The largest absolute Gasteiger partial charge is 0.491 e. The number of fused-ring (bicyclic) bond motifs is 4. The van der Waals surface area contributed by atoms with Gasteiger partial charge in [0.2, 0.25) is 0 Å². The Morgan fingerprint density at radius 1 is 1.32 bits per heavy atom. The molecule has 0 aliphatic carbocycles. The monoisotopic (exact) mass is 426 g/mol. The van der Waals surface area contributed by atoms with Crippen LogP contribution in [0.3, 0.4) is 0 Å². The van der Waals surface area contributed by atoms with Crippen molar-refractivity contribution in [3.63, 3.8) is 0 Å². The van der Waals surface area contributed by atoms with Crippen LogP contribution in [0.4, 0.5) is 4.39 Å². The standard InChI is InChI=1S/C21H19FN4O5/c1-11(27)3-5-29-16-2-4-23-20-18(16)26(21(28)25-20)15-8-12-14(9-13(15)22)24-10-17-19(12)31-7-6-30-17/h2,4,8-11,27H,3,5-7H2,1H3,(H,23,25,28). The summed E-state index contributed by atoms with van der Waals surface area (Å²) in [5.41, 5.74) is 0.367. The Kier molecular flexibility index (Phi) is 4.70. The summed E-state index contributed by atoms with van der Waals surface area (Å²) in [5.74, 6) is 0.623. The van der Waals surface area contributed by atoms with Gasteiger partial charge < -0.3 is 19.3 Å². The Bertz CT molecular complexity index is 1350. The highest BCUT2D eigenvalue weighted by Gasteiger charge is 2.22. The van der Waals surface area contributed by atoms with Gasteiger partial charge >= 0.3 is 5.69 Å². The summed E-state index contributed by atoms with van der Waals surface area (Å²) in [6.45, 7) is 2.63. The van der Waals surface area contributed by atoms with Gasteiger partial charge in [0.25, 0.3) is 0 Å². The smallest absolute Gasteiger partial charge is 0.332 e. The first-order chi connectivity index (χ1) is 15.0. The number of ether oxygens (including phenoxy) is 3. The van der Waals surface area contributed by atoms with E-state index in [1.807, 2.05) is 0 Å². The summed E-state index contributed by atoms with van der Waals surface area (Å²) in [7, 11) is 0. The van der Waals surface area contributed by atoms with Gasteiger partial charge in [-0.2, -0.15) is 0 Å². The van der Waals surface area contributed by atoms with E-state index in [2.05, 4.69) is 15.0 Å². The number of hydrogen-bond donors (Lipinski definition) is 2. The van der Waals surface area contributed by atoms with Crippen molar-refractivity contribution in [2.75, 3.05) is 19.8 Å². The minimum atomic E-state index is -0.640. The van der Waals surface area contributed by atoms with Crippen molar-refractivity contribution < 1.29 is 23.7 Å². The van der Waals surface area contributed by atoms with Crippen LogP contribution in [0.25, 0.3) is 27.8 Å². The number of imidazole rings is 1. The SMILES string of the molecule is CC(O)CCOc1ccnc2[nH]c(=O)n(-c3cc4c5c(cnc4cc3F)OCCO5)c12. The minimum Gasteiger partial charge on any atom is -0.491 e. The van der Waals surface area contributed by atoms with Gasteiger partial charge in [-0.05, 0) is 13.0 Å². The zero-order valence-corrected chi connectivity index (χ0v) is 16.6. The molecule has 0 radical (unpaired) electrons. The molecule has 1 aromatic carbocycles. The average molecular weight is 426 g/mol. The average Bonchev–Trinajstić information content (AvgIpc) is 3.09. The third kappa shape index (κ3) is 3.34. The number of aromatic nitrogens is 4. The molecule has 1 aliphatic heterocycles. The highest BCUT2D eigenvalue weighted by Crippen LogP contribution is 2.38. The maximum absolute atomic E-state index is 15.1. The molecule has 10 heteroatoms. The fraction of sp³-hybridized carbons (Fsp3) is 0.286. The van der Waals surface area contributed by atoms with E-state index >= 15 is 4.39 Å². The van der Waals surface area contributed by atoms with E-state index in [0.717, 1.165) is 0 Å². The highest BCUT2D eigenvalue weighted by atomic mass is 19.1. The zero-order chi connectivity index (χ0) is 21.5. The molecule has 0 saturated carbocycles. The van der Waals surface area contributed by atoms with Crippen LogP contribution in [0, 0.1) is 5.82 Å². The second kappa shape index (κ2) is 7.55. The molecule has 3 aromatic heterocycles. The van der Waals surface area contributed by atoms with Crippen LogP contribution in [-0.4, -0.2) is 50.6 Å². The van der Waals surface area contributed by atoms with Crippen molar-refractivity contribution in [2.24, 2.45) is 0 Å². The molecule has 1 aliphatic rings. The van der Waals surface area contributed by atoms with Crippen LogP contribution < -0.4 is 19.9 Å². The van der Waals surface area contributed by atoms with Crippen molar-refractivity contribution in [2.45, 2.75) is 19.4 Å². The Labute approximate surface area is 175 Å². The molecule has 160 valence electrons. The Hall–Kier alpha value is -3.66. The number of rotatable bonds is 5. The number of H-pyrrole nitrogens is 1. The van der Waals surface area contributed by atoms with Gasteiger partial charge in [-0.3, -0.25) is 14.5 Å². The first-order valence-corrected chi connectivity index (χ1v) is 9.82. The Morgan fingerprint density at radius 2 is 2.16 bits per heavy atom. The lowest BCUT2D eigenvalue weighted by atomic mass is 10.1. The number of benzene rings is 1. The van der Waals surface area contributed by atoms with Crippen molar-refractivity contribution >= 4 is 22.1 Å². The van der Waals surface area contributed by atoms with E-state index in [1.54, 1.807) is 13.0 Å². The maximum Gasteiger partial charge on any atom is 0.332 e. The molecule has 9 nitrogen and oxygen atoms in total. The van der Waals surface area contributed by atoms with Gasteiger partial charge in [0.1, 0.15) is 30.3 Å². The van der Waals surface area contributed by atoms with Gasteiger partial charge in [0, 0.05) is 30.1 Å². The lowest BCUT2D eigenvalue weighted by molar-refractivity contribution is 0.156. The second-order valence-corrected chi connectivity index (χ2v) is 7.23. The predicted octanol–water partition coefficient (Wildman–Crippen LogP) is 2.32. The van der Waals surface area contributed by atoms with Crippen LogP contribution in [0.5, 0.6) is 17.2 Å². The molecule has 1 atom stereocenters. The Balaban J connectivity index is 1.71. The van der Waals surface area contributed by atoms with E-state index in [9.17, 15) is 9.90 Å². The molecule has 0 saturated heterocycles. The van der Waals surface area contributed by atoms with Crippen LogP contribution in [0.1, 0.15) is 13.3 Å². The predicted molar refractivity (Wildman–Crippen MR) is 110 cm³/mol. The summed E-state index contributed by atoms with van der Waals surface area (Å²) in [6, 6.07) is 4.35. The summed E-state index contributed by atoms with van der Waals surface area (Å²) in [6.07, 6.45) is 2.84. The van der Waals surface area contributed by atoms with Gasteiger partial charge in [-0.1, -0.05) is 0 Å². The van der Waals surface area contributed by atoms with Crippen molar-refractivity contribution in [1.29, 1.82) is 0 Å². The van der Waals surface area contributed by atoms with Crippen molar-refractivity contribution in [3.8, 4) is 22.9 Å². The number of aliphatic hydroxyl groups excluding tert-OH is 1. The van der Waals surface area contributed by atoms with E-state index in [1.165, 1.54) is 29.1 Å². The third-order valence-electron chi connectivity index (χ3n) is 5.02. The number of aliphatic hydroxyl groups is 1. The highest BCUT2D eigenvalue weighted by molar-refractivity contribution is 5.90. The molecule has 0 spiro atoms. The van der Waals surface area contributed by atoms with Crippen molar-refractivity contribution in [1.82, 2.24) is 19.5 Å². The summed E-state index contributed by atoms with van der Waals surface area (Å²) in [5, 5.41) is 10.0. The van der Waals surface area contributed by atoms with E-state index in [0.29, 0.717) is 53.3 Å². The first-order valence-electron chi connectivity index (χ1n) is 9.82. The molecular formula is C21H19FN4O5. The molecule has 4 aromatic rings. The van der Waals surface area contributed by atoms with E-state index in [-0.39, 0.29) is 17.9 Å². The topological polar surface area (TPSA) is 111 Å². The summed E-state index contributed by atoms with van der Waals surface area (Å²) >= 11 is 0.